The minimum absolute atomic E-state index is 0.308. The molecule has 0 aromatic carbocycles. The van der Waals surface area contributed by atoms with Gasteiger partial charge in [0.25, 0.3) is 0 Å². The number of aliphatic hydroxyl groups is 4. The standard InChI is InChI=1S/C8H16O6/c1-2-13-8-7(12)6(11)5(10)4(3-9)14-8/h4-12H,2-3H2,1H3/t4?,5-,6-,7?,8-/m0/s1. The first-order valence-corrected chi connectivity index (χ1v) is 4.54. The third kappa shape index (κ3) is 2.22. The Morgan fingerprint density at radius 2 is 1.79 bits per heavy atom. The summed E-state index contributed by atoms with van der Waals surface area (Å²) in [6, 6.07) is 0. The van der Waals surface area contributed by atoms with Gasteiger partial charge in [0.2, 0.25) is 0 Å². The number of hydrogen-bond donors (Lipinski definition) is 4. The lowest BCUT2D eigenvalue weighted by atomic mass is 9.99. The van der Waals surface area contributed by atoms with Crippen LogP contribution < -0.4 is 0 Å². The molecule has 2 unspecified atom stereocenters. The van der Waals surface area contributed by atoms with Crippen molar-refractivity contribution < 1.29 is 29.9 Å². The topological polar surface area (TPSA) is 99.4 Å². The molecule has 84 valence electrons. The van der Waals surface area contributed by atoms with Crippen LogP contribution in [-0.2, 0) is 9.47 Å². The van der Waals surface area contributed by atoms with E-state index in [0.29, 0.717) is 6.61 Å². The van der Waals surface area contributed by atoms with Crippen molar-refractivity contribution in [2.24, 2.45) is 0 Å². The molecule has 5 atom stereocenters. The second-order valence-electron chi connectivity index (χ2n) is 3.15. The average molecular weight is 208 g/mol. The molecule has 6 heteroatoms. The predicted octanol–water partition coefficient (Wildman–Crippen LogP) is -2.18. The summed E-state index contributed by atoms with van der Waals surface area (Å²) in [5.74, 6) is 0. The summed E-state index contributed by atoms with van der Waals surface area (Å²) in [5, 5.41) is 36.9. The summed E-state index contributed by atoms with van der Waals surface area (Å²) in [7, 11) is 0. The van der Waals surface area contributed by atoms with Crippen molar-refractivity contribution in [3.05, 3.63) is 0 Å². The Morgan fingerprint density at radius 1 is 1.14 bits per heavy atom. The fourth-order valence-corrected chi connectivity index (χ4v) is 1.37. The first-order valence-electron chi connectivity index (χ1n) is 4.54. The molecular formula is C8H16O6. The van der Waals surface area contributed by atoms with E-state index in [1.54, 1.807) is 6.92 Å². The maximum Gasteiger partial charge on any atom is 0.186 e. The molecule has 1 rings (SSSR count). The molecule has 6 nitrogen and oxygen atoms in total. The van der Waals surface area contributed by atoms with Gasteiger partial charge in [-0.1, -0.05) is 0 Å². The van der Waals surface area contributed by atoms with Crippen LogP contribution in [0.1, 0.15) is 6.92 Å². The molecular weight excluding hydrogens is 192 g/mol. The van der Waals surface area contributed by atoms with Crippen LogP contribution in [0.25, 0.3) is 0 Å². The fraction of sp³-hybridized carbons (Fsp3) is 1.00. The molecule has 1 heterocycles. The van der Waals surface area contributed by atoms with Crippen molar-refractivity contribution in [3.63, 3.8) is 0 Å². The van der Waals surface area contributed by atoms with E-state index in [1.807, 2.05) is 0 Å². The molecule has 0 aromatic rings. The van der Waals surface area contributed by atoms with E-state index in [2.05, 4.69) is 0 Å². The van der Waals surface area contributed by atoms with Gasteiger partial charge in [-0.2, -0.15) is 0 Å². The van der Waals surface area contributed by atoms with Crippen LogP contribution in [-0.4, -0.2) is 64.3 Å². The number of ether oxygens (including phenoxy) is 2. The maximum absolute atomic E-state index is 9.41. The molecule has 14 heavy (non-hydrogen) atoms. The zero-order valence-corrected chi connectivity index (χ0v) is 7.91. The van der Waals surface area contributed by atoms with E-state index in [0.717, 1.165) is 0 Å². The lowest BCUT2D eigenvalue weighted by Crippen LogP contribution is -2.59. The molecule has 0 radical (unpaired) electrons. The summed E-state index contributed by atoms with van der Waals surface area (Å²) in [6.45, 7) is 1.58. The van der Waals surface area contributed by atoms with E-state index in [1.165, 1.54) is 0 Å². The Labute approximate surface area is 81.7 Å². The van der Waals surface area contributed by atoms with Crippen molar-refractivity contribution in [2.45, 2.75) is 37.6 Å². The lowest BCUT2D eigenvalue weighted by molar-refractivity contribution is -0.300. The number of rotatable bonds is 3. The first kappa shape index (κ1) is 11.8. The Balaban J connectivity index is 2.63. The molecule has 1 saturated heterocycles. The summed E-state index contributed by atoms with van der Waals surface area (Å²) in [6.07, 6.45) is -5.89. The first-order chi connectivity index (χ1) is 6.61. The maximum atomic E-state index is 9.41. The van der Waals surface area contributed by atoms with Crippen molar-refractivity contribution in [1.29, 1.82) is 0 Å². The van der Waals surface area contributed by atoms with Crippen LogP contribution in [0, 0.1) is 0 Å². The molecule has 0 saturated carbocycles. The zero-order valence-electron chi connectivity index (χ0n) is 7.91. The van der Waals surface area contributed by atoms with E-state index in [-0.39, 0.29) is 0 Å². The van der Waals surface area contributed by atoms with Crippen LogP contribution in [0.2, 0.25) is 0 Å². The van der Waals surface area contributed by atoms with Crippen molar-refractivity contribution >= 4 is 0 Å². The van der Waals surface area contributed by atoms with Crippen LogP contribution in [0.4, 0.5) is 0 Å². The van der Waals surface area contributed by atoms with Gasteiger partial charge in [0, 0.05) is 6.61 Å². The molecule has 1 aliphatic heterocycles. The zero-order chi connectivity index (χ0) is 10.7. The van der Waals surface area contributed by atoms with Gasteiger partial charge in [0.15, 0.2) is 6.29 Å². The fourth-order valence-electron chi connectivity index (χ4n) is 1.37. The van der Waals surface area contributed by atoms with Gasteiger partial charge in [-0.3, -0.25) is 0 Å². The summed E-state index contributed by atoms with van der Waals surface area (Å²) in [4.78, 5) is 0. The Morgan fingerprint density at radius 3 is 2.29 bits per heavy atom. The third-order valence-electron chi connectivity index (χ3n) is 2.18. The minimum Gasteiger partial charge on any atom is -0.394 e. The van der Waals surface area contributed by atoms with Gasteiger partial charge in [0.1, 0.15) is 24.4 Å². The van der Waals surface area contributed by atoms with Gasteiger partial charge in [-0.25, -0.2) is 0 Å². The number of aliphatic hydroxyl groups excluding tert-OH is 4. The Kier molecular flexibility index (Phi) is 4.24. The van der Waals surface area contributed by atoms with Crippen LogP contribution in [0.5, 0.6) is 0 Å². The molecule has 1 fully saturated rings. The summed E-state index contributed by atoms with van der Waals surface area (Å²) in [5.41, 5.74) is 0. The van der Waals surface area contributed by atoms with E-state index in [4.69, 9.17) is 14.6 Å². The largest absolute Gasteiger partial charge is 0.394 e. The highest BCUT2D eigenvalue weighted by molar-refractivity contribution is 4.88. The predicted molar refractivity (Wildman–Crippen MR) is 45.4 cm³/mol. The molecule has 0 amide bonds. The second kappa shape index (κ2) is 5.01. The highest BCUT2D eigenvalue weighted by atomic mass is 16.7. The Bertz CT molecular complexity index is 171. The third-order valence-corrected chi connectivity index (χ3v) is 2.18. The van der Waals surface area contributed by atoms with Crippen LogP contribution in [0.3, 0.4) is 0 Å². The SMILES string of the molecule is CCO[C@H]1OC(CO)[C@H](O)[C@H](O)C1O. The Hall–Kier alpha value is -0.240. The molecule has 1 aliphatic rings. The monoisotopic (exact) mass is 208 g/mol. The molecule has 0 aromatic heterocycles. The quantitative estimate of drug-likeness (QED) is 0.421. The molecule has 4 N–H and O–H groups in total. The van der Waals surface area contributed by atoms with Crippen LogP contribution in [0.15, 0.2) is 0 Å². The molecule has 0 aliphatic carbocycles. The smallest absolute Gasteiger partial charge is 0.186 e. The highest BCUT2D eigenvalue weighted by Gasteiger charge is 2.43. The van der Waals surface area contributed by atoms with Gasteiger partial charge >= 0.3 is 0 Å². The van der Waals surface area contributed by atoms with Crippen molar-refractivity contribution in [2.75, 3.05) is 13.2 Å². The minimum atomic E-state index is -1.36. The number of hydrogen-bond acceptors (Lipinski definition) is 6. The molecule has 0 spiro atoms. The van der Waals surface area contributed by atoms with E-state index in [9.17, 15) is 15.3 Å². The van der Waals surface area contributed by atoms with Gasteiger partial charge in [0.05, 0.1) is 6.61 Å². The van der Waals surface area contributed by atoms with Gasteiger partial charge in [-0.15, -0.1) is 0 Å². The normalized spacial score (nSPS) is 43.9. The van der Waals surface area contributed by atoms with E-state index >= 15 is 0 Å². The lowest BCUT2D eigenvalue weighted by Gasteiger charge is -2.39. The van der Waals surface area contributed by atoms with Crippen LogP contribution >= 0.6 is 0 Å². The summed E-state index contributed by atoms with van der Waals surface area (Å²) >= 11 is 0. The summed E-state index contributed by atoms with van der Waals surface area (Å²) < 4.78 is 10.0. The highest BCUT2D eigenvalue weighted by Crippen LogP contribution is 2.21. The second-order valence-corrected chi connectivity index (χ2v) is 3.15. The van der Waals surface area contributed by atoms with Gasteiger partial charge < -0.3 is 29.9 Å². The van der Waals surface area contributed by atoms with Crippen molar-refractivity contribution in [1.82, 2.24) is 0 Å². The molecule has 0 bridgehead atoms. The average Bonchev–Trinajstić information content (AvgIpc) is 2.19. The van der Waals surface area contributed by atoms with Crippen molar-refractivity contribution in [3.8, 4) is 0 Å². The van der Waals surface area contributed by atoms with E-state index < -0.39 is 37.3 Å². The van der Waals surface area contributed by atoms with Gasteiger partial charge in [-0.05, 0) is 6.92 Å².